The normalized spacial score (nSPS) is 12.2. The minimum Gasteiger partial charge on any atom is -0.490 e. The van der Waals surface area contributed by atoms with E-state index in [0.717, 1.165) is 19.3 Å². The average Bonchev–Trinajstić information content (AvgIpc) is 2.40. The van der Waals surface area contributed by atoms with Crippen molar-refractivity contribution in [2.24, 2.45) is 11.7 Å². The summed E-state index contributed by atoms with van der Waals surface area (Å²) < 4.78 is 19.3. The van der Waals surface area contributed by atoms with Gasteiger partial charge in [-0.15, -0.1) is 0 Å². The maximum absolute atomic E-state index is 13.7. The van der Waals surface area contributed by atoms with E-state index < -0.39 is 5.82 Å². The Morgan fingerprint density at radius 2 is 2.16 bits per heavy atom. The van der Waals surface area contributed by atoms with Crippen LogP contribution in [0.1, 0.15) is 45.1 Å². The zero-order valence-corrected chi connectivity index (χ0v) is 11.7. The lowest BCUT2D eigenvalue weighted by Gasteiger charge is -2.16. The maximum Gasteiger partial charge on any atom is 0.165 e. The number of nitrogen functional groups attached to an aromatic ring is 1. The molecule has 106 valence electrons. The molecule has 0 heterocycles. The minimum atomic E-state index is -0.460. The summed E-state index contributed by atoms with van der Waals surface area (Å²) in [5.41, 5.74) is 5.68. The Kier molecular flexibility index (Phi) is 6.33. The Morgan fingerprint density at radius 3 is 2.68 bits per heavy atom. The van der Waals surface area contributed by atoms with Gasteiger partial charge in [0, 0.05) is 5.56 Å². The van der Waals surface area contributed by atoms with Gasteiger partial charge in [-0.1, -0.05) is 33.1 Å². The lowest BCUT2D eigenvalue weighted by atomic mass is 10.0. The molecule has 0 fully saturated rings. The summed E-state index contributed by atoms with van der Waals surface area (Å²) in [6, 6.07) is 4.39. The molecule has 0 spiro atoms. The first-order chi connectivity index (χ1) is 9.08. The van der Waals surface area contributed by atoms with Crippen molar-refractivity contribution in [2.45, 2.75) is 39.5 Å². The van der Waals surface area contributed by atoms with Gasteiger partial charge < -0.3 is 10.5 Å². The molecule has 3 N–H and O–H groups in total. The highest BCUT2D eigenvalue weighted by molar-refractivity contribution is 5.95. The molecule has 0 bridgehead atoms. The number of nitrogens with two attached hydrogens (primary N) is 1. The molecule has 0 aliphatic heterocycles. The molecule has 1 aromatic carbocycles. The summed E-state index contributed by atoms with van der Waals surface area (Å²) in [5.74, 6) is 0.102. The molecule has 1 unspecified atom stereocenters. The van der Waals surface area contributed by atoms with E-state index in [1.54, 1.807) is 12.1 Å². The van der Waals surface area contributed by atoms with Crippen molar-refractivity contribution in [3.63, 3.8) is 0 Å². The van der Waals surface area contributed by atoms with E-state index in [1.165, 1.54) is 12.5 Å². The van der Waals surface area contributed by atoms with E-state index in [1.807, 2.05) is 0 Å². The number of nitrogens with one attached hydrogen (secondary N) is 1. The molecule has 1 rings (SSSR count). The molecular formula is C15H23FN2O. The monoisotopic (exact) mass is 266 g/mol. The second kappa shape index (κ2) is 7.77. The molecule has 0 aliphatic rings. The van der Waals surface area contributed by atoms with Crippen LogP contribution in [-0.4, -0.2) is 12.4 Å². The summed E-state index contributed by atoms with van der Waals surface area (Å²) >= 11 is 0. The lowest BCUT2D eigenvalue weighted by molar-refractivity contribution is 0.225. The van der Waals surface area contributed by atoms with Crippen molar-refractivity contribution in [1.82, 2.24) is 0 Å². The number of benzene rings is 1. The van der Waals surface area contributed by atoms with E-state index in [4.69, 9.17) is 15.9 Å². The van der Waals surface area contributed by atoms with Crippen LogP contribution in [-0.2, 0) is 0 Å². The predicted molar refractivity (Wildman–Crippen MR) is 76.2 cm³/mol. The molecule has 3 nitrogen and oxygen atoms in total. The first kappa shape index (κ1) is 15.5. The van der Waals surface area contributed by atoms with Crippen LogP contribution >= 0.6 is 0 Å². The van der Waals surface area contributed by atoms with Gasteiger partial charge in [-0.05, 0) is 30.5 Å². The van der Waals surface area contributed by atoms with Gasteiger partial charge in [0.1, 0.15) is 5.84 Å². The fraction of sp³-hybridized carbons (Fsp3) is 0.533. The fourth-order valence-corrected chi connectivity index (χ4v) is 1.89. The van der Waals surface area contributed by atoms with Gasteiger partial charge in [-0.3, -0.25) is 5.41 Å². The van der Waals surface area contributed by atoms with Crippen molar-refractivity contribution in [3.8, 4) is 5.75 Å². The van der Waals surface area contributed by atoms with Gasteiger partial charge in [0.2, 0.25) is 0 Å². The van der Waals surface area contributed by atoms with Crippen molar-refractivity contribution < 1.29 is 9.13 Å². The Bertz CT molecular complexity index is 421. The van der Waals surface area contributed by atoms with Crippen LogP contribution in [0.5, 0.6) is 5.75 Å². The third kappa shape index (κ3) is 4.89. The topological polar surface area (TPSA) is 59.1 Å². The Balaban J connectivity index is 2.59. The smallest absolute Gasteiger partial charge is 0.165 e. The van der Waals surface area contributed by atoms with Gasteiger partial charge in [0.05, 0.1) is 6.61 Å². The molecule has 0 saturated carbocycles. The molecule has 1 aromatic rings. The van der Waals surface area contributed by atoms with E-state index >= 15 is 0 Å². The summed E-state index contributed by atoms with van der Waals surface area (Å²) in [6.45, 7) is 4.82. The molecule has 0 aromatic heterocycles. The minimum absolute atomic E-state index is 0.139. The molecule has 1 atom stereocenters. The third-order valence-electron chi connectivity index (χ3n) is 3.26. The summed E-state index contributed by atoms with van der Waals surface area (Å²) in [4.78, 5) is 0. The Labute approximate surface area is 114 Å². The van der Waals surface area contributed by atoms with Crippen molar-refractivity contribution in [2.75, 3.05) is 6.61 Å². The second-order valence-electron chi connectivity index (χ2n) is 4.79. The van der Waals surface area contributed by atoms with Crippen molar-refractivity contribution in [3.05, 3.63) is 29.6 Å². The number of rotatable bonds is 8. The molecule has 0 aliphatic carbocycles. The van der Waals surface area contributed by atoms with Crippen LogP contribution in [0.2, 0.25) is 0 Å². The first-order valence-electron chi connectivity index (χ1n) is 6.85. The third-order valence-corrected chi connectivity index (χ3v) is 3.26. The number of halogens is 1. The standard InChI is InChI=1S/C15H23FN2O/c1-3-5-6-11(4-2)10-19-14-8-7-12(15(17)18)9-13(14)16/h7-9,11H,3-6,10H2,1-2H3,(H3,17,18). The zero-order chi connectivity index (χ0) is 14.3. The van der Waals surface area contributed by atoms with E-state index in [0.29, 0.717) is 18.1 Å². The Hall–Kier alpha value is -1.58. The van der Waals surface area contributed by atoms with E-state index in [2.05, 4.69) is 13.8 Å². The SMILES string of the molecule is CCCCC(CC)COc1ccc(C(=N)N)cc1F. The lowest BCUT2D eigenvalue weighted by Crippen LogP contribution is -2.13. The van der Waals surface area contributed by atoms with Crippen LogP contribution in [0, 0.1) is 17.1 Å². The maximum atomic E-state index is 13.7. The largest absolute Gasteiger partial charge is 0.490 e. The van der Waals surface area contributed by atoms with Crippen LogP contribution in [0.3, 0.4) is 0 Å². The molecule has 19 heavy (non-hydrogen) atoms. The number of hydrogen-bond donors (Lipinski definition) is 2. The van der Waals surface area contributed by atoms with Crippen LogP contribution < -0.4 is 10.5 Å². The molecule has 0 radical (unpaired) electrons. The van der Waals surface area contributed by atoms with Crippen LogP contribution in [0.4, 0.5) is 4.39 Å². The zero-order valence-electron chi connectivity index (χ0n) is 11.7. The van der Waals surface area contributed by atoms with Gasteiger partial charge in [0.25, 0.3) is 0 Å². The highest BCUT2D eigenvalue weighted by atomic mass is 19.1. The van der Waals surface area contributed by atoms with Crippen molar-refractivity contribution in [1.29, 1.82) is 5.41 Å². The molecule has 0 amide bonds. The van der Waals surface area contributed by atoms with E-state index in [9.17, 15) is 4.39 Å². The van der Waals surface area contributed by atoms with Crippen LogP contribution in [0.25, 0.3) is 0 Å². The summed E-state index contributed by atoms with van der Waals surface area (Å²) in [7, 11) is 0. The van der Waals surface area contributed by atoms with Gasteiger partial charge >= 0.3 is 0 Å². The average molecular weight is 266 g/mol. The number of amidine groups is 1. The van der Waals surface area contributed by atoms with Crippen molar-refractivity contribution >= 4 is 5.84 Å². The number of hydrogen-bond acceptors (Lipinski definition) is 2. The number of unbranched alkanes of at least 4 members (excludes halogenated alkanes) is 1. The number of ether oxygens (including phenoxy) is 1. The van der Waals surface area contributed by atoms with Crippen LogP contribution in [0.15, 0.2) is 18.2 Å². The first-order valence-corrected chi connectivity index (χ1v) is 6.85. The summed E-state index contributed by atoms with van der Waals surface area (Å²) in [6.07, 6.45) is 4.49. The quantitative estimate of drug-likeness (QED) is 0.556. The van der Waals surface area contributed by atoms with Gasteiger partial charge in [0.15, 0.2) is 11.6 Å². The highest BCUT2D eigenvalue weighted by Gasteiger charge is 2.10. The fourth-order valence-electron chi connectivity index (χ4n) is 1.89. The van der Waals surface area contributed by atoms with Gasteiger partial charge in [-0.25, -0.2) is 4.39 Å². The molecular weight excluding hydrogens is 243 g/mol. The summed E-state index contributed by atoms with van der Waals surface area (Å²) in [5, 5.41) is 7.25. The molecule has 0 saturated heterocycles. The van der Waals surface area contributed by atoms with Gasteiger partial charge in [-0.2, -0.15) is 0 Å². The second-order valence-corrected chi connectivity index (χ2v) is 4.79. The highest BCUT2D eigenvalue weighted by Crippen LogP contribution is 2.21. The molecule has 4 heteroatoms. The Morgan fingerprint density at radius 1 is 1.42 bits per heavy atom. The predicted octanol–water partition coefficient (Wildman–Crippen LogP) is 3.70. The van der Waals surface area contributed by atoms with E-state index in [-0.39, 0.29) is 11.6 Å².